The third kappa shape index (κ3) is 5.26. The number of carbonyl (C=O) groups is 1. The van der Waals surface area contributed by atoms with Gasteiger partial charge in [-0.25, -0.2) is 23.2 Å². The molecule has 9 heteroatoms. The van der Waals surface area contributed by atoms with Crippen molar-refractivity contribution >= 4 is 17.7 Å². The first-order chi connectivity index (χ1) is 14.0. The Morgan fingerprint density at radius 2 is 1.97 bits per heavy atom. The lowest BCUT2D eigenvalue weighted by atomic mass is 10.2. The lowest BCUT2D eigenvalue weighted by molar-refractivity contribution is -0.145. The molecular formula is C20H20FN3O4S. The van der Waals surface area contributed by atoms with Crippen LogP contribution < -0.4 is 10.4 Å². The molecule has 3 rings (SSSR count). The summed E-state index contributed by atoms with van der Waals surface area (Å²) < 4.78 is 26.0. The van der Waals surface area contributed by atoms with Gasteiger partial charge >= 0.3 is 11.7 Å². The van der Waals surface area contributed by atoms with Crippen molar-refractivity contribution in [2.24, 2.45) is 0 Å². The number of rotatable bonds is 8. The van der Waals surface area contributed by atoms with Gasteiger partial charge in [-0.3, -0.25) is 0 Å². The molecule has 0 aliphatic heterocycles. The maximum atomic E-state index is 13.1. The average molecular weight is 417 g/mol. The summed E-state index contributed by atoms with van der Waals surface area (Å²) >= 11 is 1.43. The smallest absolute Gasteiger partial charge is 0.351 e. The van der Waals surface area contributed by atoms with Crippen molar-refractivity contribution in [1.82, 2.24) is 14.3 Å². The Kier molecular flexibility index (Phi) is 6.71. The summed E-state index contributed by atoms with van der Waals surface area (Å²) in [4.78, 5) is 24.8. The summed E-state index contributed by atoms with van der Waals surface area (Å²) in [7, 11) is 0. The molecule has 3 aromatic rings. The Labute approximate surface area is 171 Å². The number of aryl methyl sites for hydroxylation is 1. The highest BCUT2D eigenvalue weighted by atomic mass is 32.2. The second-order valence-electron chi connectivity index (χ2n) is 6.05. The van der Waals surface area contributed by atoms with E-state index in [1.54, 1.807) is 13.0 Å². The van der Waals surface area contributed by atoms with Crippen molar-refractivity contribution in [3.63, 3.8) is 0 Å². The maximum Gasteiger partial charge on any atom is 0.351 e. The monoisotopic (exact) mass is 417 g/mol. The number of esters is 1. The number of benzene rings is 2. The molecule has 0 unspecified atom stereocenters. The molecule has 7 nitrogen and oxygen atoms in total. The molecule has 1 heterocycles. The van der Waals surface area contributed by atoms with E-state index in [9.17, 15) is 14.0 Å². The molecule has 0 amide bonds. The van der Waals surface area contributed by atoms with E-state index in [-0.39, 0.29) is 18.1 Å². The van der Waals surface area contributed by atoms with Gasteiger partial charge in [0.25, 0.3) is 0 Å². The molecule has 1 aromatic heterocycles. The minimum Gasteiger partial charge on any atom is -0.482 e. The predicted octanol–water partition coefficient (Wildman–Crippen LogP) is 3.17. The van der Waals surface area contributed by atoms with Crippen LogP contribution in [0.4, 0.5) is 4.39 Å². The Bertz CT molecular complexity index is 1050. The number of hydrogen-bond donors (Lipinski definition) is 0. The number of nitrogens with zero attached hydrogens (tertiary/aromatic N) is 3. The van der Waals surface area contributed by atoms with Crippen LogP contribution in [-0.2, 0) is 15.4 Å². The van der Waals surface area contributed by atoms with Crippen LogP contribution in [0, 0.1) is 12.7 Å². The lowest BCUT2D eigenvalue weighted by Crippen LogP contribution is -2.23. The Morgan fingerprint density at radius 3 is 2.66 bits per heavy atom. The fourth-order valence-corrected chi connectivity index (χ4v) is 3.43. The molecule has 0 aliphatic carbocycles. The third-order valence-corrected chi connectivity index (χ3v) is 4.95. The van der Waals surface area contributed by atoms with Gasteiger partial charge < -0.3 is 9.47 Å². The zero-order valence-corrected chi connectivity index (χ0v) is 16.8. The Hall–Kier alpha value is -3.07. The van der Waals surface area contributed by atoms with Gasteiger partial charge in [0.05, 0.1) is 18.2 Å². The number of carbonyl (C=O) groups excluding carboxylic acids is 1. The molecule has 0 saturated carbocycles. The molecule has 0 N–H and O–H groups in total. The molecule has 0 radical (unpaired) electrons. The quantitative estimate of drug-likeness (QED) is 0.414. The minimum absolute atomic E-state index is 0.141. The second-order valence-corrected chi connectivity index (χ2v) is 7.07. The van der Waals surface area contributed by atoms with Crippen molar-refractivity contribution in [3.05, 3.63) is 70.7 Å². The summed E-state index contributed by atoms with van der Waals surface area (Å²) in [5.41, 5.74) is 1.10. The van der Waals surface area contributed by atoms with Crippen LogP contribution >= 0.6 is 11.8 Å². The van der Waals surface area contributed by atoms with E-state index in [4.69, 9.17) is 9.47 Å². The molecule has 0 atom stereocenters. The molecule has 2 aromatic carbocycles. The number of hydrogen-bond acceptors (Lipinski definition) is 6. The van der Waals surface area contributed by atoms with E-state index in [0.717, 1.165) is 10.5 Å². The zero-order chi connectivity index (χ0) is 20.8. The summed E-state index contributed by atoms with van der Waals surface area (Å²) in [6, 6.07) is 11.2. The third-order valence-electron chi connectivity index (χ3n) is 3.99. The van der Waals surface area contributed by atoms with Crippen LogP contribution in [0.3, 0.4) is 0 Å². The van der Waals surface area contributed by atoms with E-state index < -0.39 is 5.97 Å². The number of thioether (sulfide) groups is 1. The standard InChI is InChI=1S/C20H20FN3O4S/c1-3-27-19(25)11-28-18-9-8-17(10-14(18)2)29-13-24-20(26)23(12-22-24)16-6-4-15(21)5-7-16/h4-10,12H,3,11,13H2,1-2H3. The summed E-state index contributed by atoms with van der Waals surface area (Å²) in [6.07, 6.45) is 1.41. The highest BCUT2D eigenvalue weighted by Gasteiger charge is 2.09. The van der Waals surface area contributed by atoms with Crippen LogP contribution in [0.1, 0.15) is 12.5 Å². The maximum absolute atomic E-state index is 13.1. The van der Waals surface area contributed by atoms with E-state index >= 15 is 0 Å². The topological polar surface area (TPSA) is 75.3 Å². The fourth-order valence-electron chi connectivity index (χ4n) is 2.55. The number of ether oxygens (including phenoxy) is 2. The molecule has 29 heavy (non-hydrogen) atoms. The van der Waals surface area contributed by atoms with Gasteiger partial charge in [0.1, 0.15) is 17.9 Å². The molecular weight excluding hydrogens is 397 g/mol. The van der Waals surface area contributed by atoms with Crippen LogP contribution in [0.25, 0.3) is 5.69 Å². The van der Waals surface area contributed by atoms with E-state index in [1.165, 1.54) is 51.6 Å². The molecule has 0 saturated heterocycles. The van der Waals surface area contributed by atoms with Crippen LogP contribution in [0.15, 0.2) is 58.5 Å². The number of aromatic nitrogens is 3. The molecule has 0 aliphatic rings. The van der Waals surface area contributed by atoms with Gasteiger partial charge in [0.2, 0.25) is 0 Å². The largest absolute Gasteiger partial charge is 0.482 e. The molecule has 0 spiro atoms. The van der Waals surface area contributed by atoms with E-state index in [1.807, 2.05) is 19.1 Å². The first kappa shape index (κ1) is 20.7. The molecule has 0 fully saturated rings. The van der Waals surface area contributed by atoms with Gasteiger partial charge in [-0.2, -0.15) is 5.10 Å². The van der Waals surface area contributed by atoms with Crippen LogP contribution in [-0.4, -0.2) is 33.5 Å². The molecule has 152 valence electrons. The van der Waals surface area contributed by atoms with Gasteiger partial charge in [-0.15, -0.1) is 11.8 Å². The summed E-state index contributed by atoms with van der Waals surface area (Å²) in [5.74, 6) is 0.131. The van der Waals surface area contributed by atoms with Crippen LogP contribution in [0.5, 0.6) is 5.75 Å². The van der Waals surface area contributed by atoms with Gasteiger partial charge in [0.15, 0.2) is 6.61 Å². The van der Waals surface area contributed by atoms with Crippen molar-refractivity contribution in [3.8, 4) is 11.4 Å². The summed E-state index contributed by atoms with van der Waals surface area (Å²) in [6.45, 7) is 3.79. The first-order valence-corrected chi connectivity index (χ1v) is 9.88. The van der Waals surface area contributed by atoms with Gasteiger partial charge in [-0.05, 0) is 61.9 Å². The second kappa shape index (κ2) is 9.42. The van der Waals surface area contributed by atoms with Gasteiger partial charge in [-0.1, -0.05) is 0 Å². The average Bonchev–Trinajstić information content (AvgIpc) is 3.07. The lowest BCUT2D eigenvalue weighted by Gasteiger charge is -2.10. The Balaban J connectivity index is 1.63. The van der Waals surface area contributed by atoms with Crippen LogP contribution in [0.2, 0.25) is 0 Å². The molecule has 0 bridgehead atoms. The highest BCUT2D eigenvalue weighted by molar-refractivity contribution is 7.98. The first-order valence-electron chi connectivity index (χ1n) is 8.90. The van der Waals surface area contributed by atoms with E-state index in [0.29, 0.717) is 23.9 Å². The Morgan fingerprint density at radius 1 is 1.21 bits per heavy atom. The minimum atomic E-state index is -0.415. The van der Waals surface area contributed by atoms with Gasteiger partial charge in [0, 0.05) is 4.90 Å². The highest BCUT2D eigenvalue weighted by Crippen LogP contribution is 2.26. The normalized spacial score (nSPS) is 10.7. The zero-order valence-electron chi connectivity index (χ0n) is 16.0. The van der Waals surface area contributed by atoms with E-state index in [2.05, 4.69) is 5.10 Å². The number of halogens is 1. The SMILES string of the molecule is CCOC(=O)COc1ccc(SCn2ncn(-c3ccc(F)cc3)c2=O)cc1C. The summed E-state index contributed by atoms with van der Waals surface area (Å²) in [5, 5.41) is 4.11. The van der Waals surface area contributed by atoms with Crippen molar-refractivity contribution in [2.75, 3.05) is 13.2 Å². The predicted molar refractivity (Wildman–Crippen MR) is 107 cm³/mol. The fraction of sp³-hybridized carbons (Fsp3) is 0.250. The van der Waals surface area contributed by atoms with Crippen molar-refractivity contribution in [2.45, 2.75) is 24.6 Å². The van der Waals surface area contributed by atoms with Crippen molar-refractivity contribution < 1.29 is 18.7 Å². The van der Waals surface area contributed by atoms with Crippen molar-refractivity contribution in [1.29, 1.82) is 0 Å².